The number of ether oxygens (including phenoxy) is 4. The topological polar surface area (TPSA) is 49.9 Å². The van der Waals surface area contributed by atoms with Gasteiger partial charge in [-0.15, -0.1) is 6.58 Å². The van der Waals surface area contributed by atoms with Crippen LogP contribution in [0.25, 0.3) is 24.3 Å². The van der Waals surface area contributed by atoms with Gasteiger partial charge in [0, 0.05) is 71.5 Å². The van der Waals surface area contributed by atoms with Crippen LogP contribution in [-0.4, -0.2) is 97.9 Å². The fourth-order valence-corrected chi connectivity index (χ4v) is 10.5. The van der Waals surface area contributed by atoms with E-state index in [0.717, 1.165) is 101 Å². The monoisotopic (exact) mass is 1310 g/mol. The Balaban J connectivity index is 0.000000206. The van der Waals surface area contributed by atoms with E-state index in [9.17, 15) is 0 Å². The summed E-state index contributed by atoms with van der Waals surface area (Å²) in [7, 11) is 0. The molecule has 1 fully saturated rings. The van der Waals surface area contributed by atoms with E-state index in [1.807, 2.05) is 72.8 Å². The molecule has 1 aliphatic rings. The number of nitrogens with zero attached hydrogens (tertiary/aromatic N) is 4. The van der Waals surface area contributed by atoms with Crippen molar-refractivity contribution >= 4 is 24.3 Å². The quantitative estimate of drug-likeness (QED) is 0.0352. The van der Waals surface area contributed by atoms with Gasteiger partial charge in [-0.05, 0) is 125 Å². The normalized spacial score (nSPS) is 11.9. The van der Waals surface area contributed by atoms with Gasteiger partial charge in [-0.1, -0.05) is 302 Å². The van der Waals surface area contributed by atoms with Crippen molar-refractivity contribution in [3.8, 4) is 23.0 Å². The van der Waals surface area contributed by atoms with Crippen molar-refractivity contribution in [1.29, 1.82) is 0 Å². The van der Waals surface area contributed by atoms with E-state index >= 15 is 0 Å². The van der Waals surface area contributed by atoms with Crippen LogP contribution in [0.3, 0.4) is 0 Å². The molecular formula is C90H108N4O4. The summed E-state index contributed by atoms with van der Waals surface area (Å²) in [5.41, 5.74) is 10.2. The van der Waals surface area contributed by atoms with Crippen molar-refractivity contribution in [3.63, 3.8) is 0 Å². The highest BCUT2D eigenvalue weighted by Crippen LogP contribution is 2.29. The maximum atomic E-state index is 5.55. The van der Waals surface area contributed by atoms with E-state index in [0.29, 0.717) is 32.3 Å². The summed E-state index contributed by atoms with van der Waals surface area (Å²) in [5.74, 6) is 4.20. The molecule has 0 bridgehead atoms. The number of hydrogen-bond donors (Lipinski definition) is 0. The van der Waals surface area contributed by atoms with Crippen LogP contribution in [0.1, 0.15) is 91.0 Å². The van der Waals surface area contributed by atoms with Gasteiger partial charge < -0.3 is 18.9 Å². The lowest BCUT2D eigenvalue weighted by atomic mass is 10.1. The van der Waals surface area contributed by atoms with Gasteiger partial charge in [0.15, 0.2) is 0 Å². The molecule has 0 saturated heterocycles. The molecule has 0 amide bonds. The minimum atomic E-state index is 0.534. The van der Waals surface area contributed by atoms with Crippen LogP contribution in [0.2, 0.25) is 0 Å². The Morgan fingerprint density at radius 1 is 0.357 bits per heavy atom. The summed E-state index contributed by atoms with van der Waals surface area (Å²) in [6.07, 6.45) is 31.8. The molecule has 8 aromatic carbocycles. The van der Waals surface area contributed by atoms with Crippen molar-refractivity contribution in [2.75, 3.05) is 72.2 Å². The number of benzene rings is 8. The van der Waals surface area contributed by atoms with Crippen LogP contribution in [0.15, 0.2) is 306 Å². The van der Waals surface area contributed by atoms with E-state index in [1.165, 1.54) is 70.2 Å². The first kappa shape index (κ1) is 77.5. The van der Waals surface area contributed by atoms with Gasteiger partial charge in [0.1, 0.15) is 49.4 Å². The van der Waals surface area contributed by atoms with Crippen molar-refractivity contribution in [2.24, 2.45) is 5.92 Å². The first-order chi connectivity index (χ1) is 48.1. The van der Waals surface area contributed by atoms with Crippen LogP contribution < -0.4 is 18.9 Å². The molecular weight excluding hydrogens is 1200 g/mol. The standard InChI is InChI=1S/2C23H29NO.2C22H25NO/c1-4-17-25-23-14-12-22(13-15-23)19-24(18-20(2)3)16-8-11-21-9-6-5-7-10-21;1-3-5-17-24(18-9-12-21-10-7-6-8-11-21)20-22-13-15-23(16-14-22)25-19-4-2;1-2-17-24-22-14-10-20(11-15-22)18-23(21-12-13-21)16-6-9-19-7-4-3-5-8-19;1-3-16-23(17-8-11-20-9-6-5-7-10-20)19-21-12-14-22(15-13-21)24-18-4-2/h4-15,20H,1,16-19H2,2-3H3;4,6-16H,2-3,5,17-20H2,1H3;2-11,14-15,21H,1,12-13,16-18H2;3-15H,1-2,16-19H2/b11-8+;12-9+;9-6+;11-8+. The Kier molecular flexibility index (Phi) is 38.1. The van der Waals surface area contributed by atoms with E-state index in [4.69, 9.17) is 18.9 Å². The molecule has 1 aliphatic carbocycles. The highest BCUT2D eigenvalue weighted by Gasteiger charge is 2.28. The van der Waals surface area contributed by atoms with E-state index in [2.05, 4.69) is 274 Å². The maximum absolute atomic E-state index is 5.55. The minimum Gasteiger partial charge on any atom is -0.490 e. The number of unbranched alkanes of at least 4 members (excludes halogenated alkanes) is 1. The SMILES string of the molecule is C=CCOc1ccc(CN(C/C=C/c2ccccc2)C2CC2)cc1.C=CCOc1ccc(CN(C/C=C/c2ccccc2)CC(C)C)cc1.C=CCOc1ccc(CN(C/C=C/c2ccccc2)CCCC)cc1.C=CCOc1ccc(CN(CC=C)C/C=C/c2ccccc2)cc1. The predicted molar refractivity (Wildman–Crippen MR) is 420 cm³/mol. The summed E-state index contributed by atoms with van der Waals surface area (Å²) >= 11 is 0. The fraction of sp³-hybridized carbons (Fsp3) is 0.267. The number of hydrogen-bond acceptors (Lipinski definition) is 8. The first-order valence-electron chi connectivity index (χ1n) is 34.8. The summed E-state index contributed by atoms with van der Waals surface area (Å²) in [6, 6.07) is 75.9. The van der Waals surface area contributed by atoms with Gasteiger partial charge in [0.05, 0.1) is 0 Å². The lowest BCUT2D eigenvalue weighted by Crippen LogP contribution is -2.27. The van der Waals surface area contributed by atoms with Crippen LogP contribution >= 0.6 is 0 Å². The average Bonchev–Trinajstić information content (AvgIpc) is 1.71. The van der Waals surface area contributed by atoms with Gasteiger partial charge in [-0.3, -0.25) is 19.6 Å². The molecule has 0 radical (unpaired) electrons. The van der Waals surface area contributed by atoms with E-state index < -0.39 is 0 Å². The summed E-state index contributed by atoms with van der Waals surface area (Å²) in [4.78, 5) is 9.86. The Labute approximate surface area is 589 Å². The van der Waals surface area contributed by atoms with Crippen LogP contribution in [0.5, 0.6) is 23.0 Å². The zero-order chi connectivity index (χ0) is 69.3. The summed E-state index contributed by atoms with van der Waals surface area (Å²) in [6.45, 7) is 38.1. The smallest absolute Gasteiger partial charge is 0.119 e. The van der Waals surface area contributed by atoms with Gasteiger partial charge in [-0.2, -0.15) is 0 Å². The molecule has 0 atom stereocenters. The zero-order valence-electron chi connectivity index (χ0n) is 58.8. The first-order valence-corrected chi connectivity index (χ1v) is 34.8. The minimum absolute atomic E-state index is 0.534. The zero-order valence-corrected chi connectivity index (χ0v) is 58.8. The second-order valence-corrected chi connectivity index (χ2v) is 24.5. The Hall–Kier alpha value is -9.54. The predicted octanol–water partition coefficient (Wildman–Crippen LogP) is 20.9. The molecule has 9 rings (SSSR count). The second kappa shape index (κ2) is 48.2. The van der Waals surface area contributed by atoms with Gasteiger partial charge in [0.2, 0.25) is 0 Å². The third kappa shape index (κ3) is 33.9. The molecule has 0 N–H and O–H groups in total. The maximum Gasteiger partial charge on any atom is 0.119 e. The highest BCUT2D eigenvalue weighted by molar-refractivity contribution is 5.51. The Morgan fingerprint density at radius 3 is 0.980 bits per heavy atom. The van der Waals surface area contributed by atoms with Crippen molar-refractivity contribution in [3.05, 3.63) is 350 Å². The lowest BCUT2D eigenvalue weighted by Gasteiger charge is -2.23. The molecule has 0 spiro atoms. The fourth-order valence-electron chi connectivity index (χ4n) is 10.5. The van der Waals surface area contributed by atoms with Gasteiger partial charge >= 0.3 is 0 Å². The van der Waals surface area contributed by atoms with Crippen molar-refractivity contribution in [2.45, 2.75) is 78.7 Å². The third-order valence-corrected chi connectivity index (χ3v) is 15.5. The molecule has 1 saturated carbocycles. The Bertz CT molecular complexity index is 3530. The molecule has 98 heavy (non-hydrogen) atoms. The van der Waals surface area contributed by atoms with Crippen LogP contribution in [0.4, 0.5) is 0 Å². The molecule has 0 aromatic heterocycles. The summed E-state index contributed by atoms with van der Waals surface area (Å²) < 4.78 is 22.2. The lowest BCUT2D eigenvalue weighted by molar-refractivity contribution is 0.261. The molecule has 0 heterocycles. The second-order valence-electron chi connectivity index (χ2n) is 24.5. The summed E-state index contributed by atoms with van der Waals surface area (Å²) in [5, 5.41) is 0. The Morgan fingerprint density at radius 2 is 0.663 bits per heavy atom. The van der Waals surface area contributed by atoms with Crippen molar-refractivity contribution < 1.29 is 18.9 Å². The van der Waals surface area contributed by atoms with Crippen molar-refractivity contribution in [1.82, 2.24) is 19.6 Å². The van der Waals surface area contributed by atoms with Gasteiger partial charge in [0.25, 0.3) is 0 Å². The molecule has 512 valence electrons. The molecule has 0 unspecified atom stereocenters. The van der Waals surface area contributed by atoms with Gasteiger partial charge in [-0.25, -0.2) is 0 Å². The largest absolute Gasteiger partial charge is 0.490 e. The third-order valence-electron chi connectivity index (χ3n) is 15.5. The molecule has 0 aliphatic heterocycles. The van der Waals surface area contributed by atoms with Crippen LogP contribution in [0, 0.1) is 5.92 Å². The average molecular weight is 1310 g/mol. The van der Waals surface area contributed by atoms with E-state index in [-0.39, 0.29) is 0 Å². The van der Waals surface area contributed by atoms with Crippen LogP contribution in [-0.2, 0) is 26.2 Å². The molecule has 8 nitrogen and oxygen atoms in total. The number of rotatable bonds is 40. The van der Waals surface area contributed by atoms with E-state index in [1.54, 1.807) is 24.3 Å². The molecule has 8 aromatic rings. The highest BCUT2D eigenvalue weighted by atomic mass is 16.5. The molecule has 8 heteroatoms.